The summed E-state index contributed by atoms with van der Waals surface area (Å²) < 4.78 is 39.9. The predicted octanol–water partition coefficient (Wildman–Crippen LogP) is 2.49. The zero-order chi connectivity index (χ0) is 14.0. The van der Waals surface area contributed by atoms with E-state index in [2.05, 4.69) is 4.72 Å². The third-order valence-electron chi connectivity index (χ3n) is 2.61. The summed E-state index contributed by atoms with van der Waals surface area (Å²) in [6.07, 6.45) is 0. The van der Waals surface area contributed by atoms with Crippen molar-refractivity contribution in [3.8, 4) is 0 Å². The van der Waals surface area contributed by atoms with E-state index in [0.717, 1.165) is 11.3 Å². The van der Waals surface area contributed by atoms with Gasteiger partial charge in [-0.15, -0.1) is 11.3 Å². The van der Waals surface area contributed by atoms with Crippen molar-refractivity contribution in [1.82, 2.24) is 0 Å². The van der Waals surface area contributed by atoms with E-state index in [1.165, 1.54) is 36.6 Å². The fraction of sp³-hybridized carbons (Fsp3) is 0.167. The number of aliphatic hydroxyl groups is 1. The van der Waals surface area contributed by atoms with Gasteiger partial charge in [0.2, 0.25) is 0 Å². The number of halogens is 1. The van der Waals surface area contributed by atoms with Gasteiger partial charge in [0.15, 0.2) is 0 Å². The summed E-state index contributed by atoms with van der Waals surface area (Å²) in [5, 5.41) is 10.4. The maximum absolute atomic E-state index is 13.3. The number of benzene rings is 1. The largest absolute Gasteiger partial charge is 0.391 e. The summed E-state index contributed by atoms with van der Waals surface area (Å²) in [7, 11) is -3.76. The van der Waals surface area contributed by atoms with Crippen LogP contribution in [0.15, 0.2) is 34.5 Å². The molecule has 1 heterocycles. The molecule has 0 saturated heterocycles. The first kappa shape index (κ1) is 14.0. The minimum atomic E-state index is -3.76. The fourth-order valence-electron chi connectivity index (χ4n) is 1.51. The molecule has 2 aromatic rings. The number of aliphatic hydroxyl groups excluding tert-OH is 1. The topological polar surface area (TPSA) is 66.4 Å². The van der Waals surface area contributed by atoms with Crippen molar-refractivity contribution in [3.05, 3.63) is 45.9 Å². The number of anilines is 1. The Hall–Kier alpha value is -1.44. The number of sulfonamides is 1. The van der Waals surface area contributed by atoms with E-state index in [4.69, 9.17) is 5.11 Å². The maximum Gasteiger partial charge on any atom is 0.262 e. The van der Waals surface area contributed by atoms with Gasteiger partial charge in [0.1, 0.15) is 5.82 Å². The van der Waals surface area contributed by atoms with Gasteiger partial charge in [-0.1, -0.05) is 6.07 Å². The first-order valence-electron chi connectivity index (χ1n) is 5.40. The van der Waals surface area contributed by atoms with E-state index in [9.17, 15) is 12.8 Å². The lowest BCUT2D eigenvalue weighted by Gasteiger charge is -2.09. The first-order valence-corrected chi connectivity index (χ1v) is 7.76. The number of rotatable bonds is 4. The molecule has 0 atom stereocenters. The third kappa shape index (κ3) is 2.94. The highest BCUT2D eigenvalue weighted by Gasteiger charge is 2.17. The standard InChI is InChI=1S/C12H12FNO3S2/c1-8-11(13)3-2-4-12(8)14-19(16,17)10-5-9(6-15)18-7-10/h2-5,7,14-15H,6H2,1H3. The lowest BCUT2D eigenvalue weighted by Crippen LogP contribution is -2.13. The molecule has 0 amide bonds. The SMILES string of the molecule is Cc1c(F)cccc1NS(=O)(=O)c1csc(CO)c1. The van der Waals surface area contributed by atoms with Crippen molar-refractivity contribution in [2.24, 2.45) is 0 Å². The van der Waals surface area contributed by atoms with Gasteiger partial charge in [0, 0.05) is 15.8 Å². The predicted molar refractivity (Wildman–Crippen MR) is 72.2 cm³/mol. The van der Waals surface area contributed by atoms with Crippen LogP contribution in [0.1, 0.15) is 10.4 Å². The van der Waals surface area contributed by atoms with Crippen molar-refractivity contribution >= 4 is 27.0 Å². The first-order chi connectivity index (χ1) is 8.94. The minimum absolute atomic E-state index is 0.0604. The Kier molecular flexibility index (Phi) is 3.88. The second kappa shape index (κ2) is 5.28. The highest BCUT2D eigenvalue weighted by atomic mass is 32.2. The lowest BCUT2D eigenvalue weighted by atomic mass is 10.2. The van der Waals surface area contributed by atoms with Crippen molar-refractivity contribution in [1.29, 1.82) is 0 Å². The van der Waals surface area contributed by atoms with Crippen LogP contribution in [0.3, 0.4) is 0 Å². The van der Waals surface area contributed by atoms with Gasteiger partial charge < -0.3 is 5.11 Å². The van der Waals surface area contributed by atoms with E-state index in [1.807, 2.05) is 0 Å². The zero-order valence-electron chi connectivity index (χ0n) is 10.1. The molecule has 2 N–H and O–H groups in total. The van der Waals surface area contributed by atoms with Crippen LogP contribution in [0, 0.1) is 12.7 Å². The van der Waals surface area contributed by atoms with Crippen LogP contribution < -0.4 is 4.72 Å². The van der Waals surface area contributed by atoms with Crippen LogP contribution >= 0.6 is 11.3 Å². The molecule has 102 valence electrons. The number of thiophene rings is 1. The number of hydrogen-bond acceptors (Lipinski definition) is 4. The molecule has 0 bridgehead atoms. The van der Waals surface area contributed by atoms with E-state index in [0.29, 0.717) is 4.88 Å². The molecule has 4 nitrogen and oxygen atoms in total. The summed E-state index contributed by atoms with van der Waals surface area (Å²) in [5.74, 6) is -0.471. The van der Waals surface area contributed by atoms with Crippen LogP contribution in [-0.4, -0.2) is 13.5 Å². The van der Waals surface area contributed by atoms with Gasteiger partial charge in [-0.25, -0.2) is 12.8 Å². The molecule has 1 aromatic heterocycles. The zero-order valence-corrected chi connectivity index (χ0v) is 11.7. The summed E-state index contributed by atoms with van der Waals surface area (Å²) in [4.78, 5) is 0.613. The molecule has 0 spiro atoms. The van der Waals surface area contributed by atoms with Crippen LogP contribution in [0.25, 0.3) is 0 Å². The van der Waals surface area contributed by atoms with Crippen LogP contribution in [-0.2, 0) is 16.6 Å². The third-order valence-corrected chi connectivity index (χ3v) is 5.02. The average Bonchev–Trinajstić information content (AvgIpc) is 2.84. The van der Waals surface area contributed by atoms with Gasteiger partial charge in [-0.3, -0.25) is 4.72 Å². The molecule has 19 heavy (non-hydrogen) atoms. The van der Waals surface area contributed by atoms with Gasteiger partial charge in [0.05, 0.1) is 17.2 Å². The second-order valence-electron chi connectivity index (χ2n) is 3.92. The van der Waals surface area contributed by atoms with Gasteiger partial charge >= 0.3 is 0 Å². The van der Waals surface area contributed by atoms with Crippen LogP contribution in [0.2, 0.25) is 0 Å². The van der Waals surface area contributed by atoms with Crippen molar-refractivity contribution in [2.45, 2.75) is 18.4 Å². The van der Waals surface area contributed by atoms with Crippen molar-refractivity contribution in [3.63, 3.8) is 0 Å². The normalized spacial score (nSPS) is 11.5. The van der Waals surface area contributed by atoms with Crippen LogP contribution in [0.5, 0.6) is 0 Å². The molecular weight excluding hydrogens is 289 g/mol. The molecule has 0 fully saturated rings. The molecule has 0 radical (unpaired) electrons. The average molecular weight is 301 g/mol. The van der Waals surface area contributed by atoms with Crippen LogP contribution in [0.4, 0.5) is 10.1 Å². The molecule has 2 rings (SSSR count). The molecule has 0 aliphatic rings. The molecule has 0 saturated carbocycles. The quantitative estimate of drug-likeness (QED) is 0.912. The summed E-state index contributed by atoms with van der Waals surface area (Å²) in [6, 6.07) is 5.59. The Morgan fingerprint density at radius 1 is 1.42 bits per heavy atom. The highest BCUT2D eigenvalue weighted by Crippen LogP contribution is 2.24. The van der Waals surface area contributed by atoms with Gasteiger partial charge in [-0.05, 0) is 25.1 Å². The second-order valence-corrected chi connectivity index (χ2v) is 6.60. The number of nitrogens with one attached hydrogen (secondary N) is 1. The Bertz CT molecular complexity index is 695. The Labute approximate surface area is 114 Å². The highest BCUT2D eigenvalue weighted by molar-refractivity contribution is 7.92. The Morgan fingerprint density at radius 3 is 2.79 bits per heavy atom. The van der Waals surface area contributed by atoms with Crippen molar-refractivity contribution in [2.75, 3.05) is 4.72 Å². The van der Waals surface area contributed by atoms with Gasteiger partial charge in [0.25, 0.3) is 10.0 Å². The molecule has 0 aliphatic carbocycles. The number of hydrogen-bond donors (Lipinski definition) is 2. The smallest absolute Gasteiger partial charge is 0.262 e. The minimum Gasteiger partial charge on any atom is -0.391 e. The Morgan fingerprint density at radius 2 is 2.16 bits per heavy atom. The van der Waals surface area contributed by atoms with E-state index < -0.39 is 15.8 Å². The maximum atomic E-state index is 13.3. The van der Waals surface area contributed by atoms with Crippen molar-refractivity contribution < 1.29 is 17.9 Å². The molecule has 0 unspecified atom stereocenters. The lowest BCUT2D eigenvalue weighted by molar-refractivity contribution is 0.285. The molecule has 0 aliphatic heterocycles. The summed E-state index contributed by atoms with van der Waals surface area (Å²) in [5.41, 5.74) is 0.445. The molecular formula is C12H12FNO3S2. The summed E-state index contributed by atoms with van der Waals surface area (Å²) >= 11 is 1.15. The molecule has 7 heteroatoms. The van der Waals surface area contributed by atoms with E-state index in [1.54, 1.807) is 0 Å². The van der Waals surface area contributed by atoms with E-state index in [-0.39, 0.29) is 22.8 Å². The summed E-state index contributed by atoms with van der Waals surface area (Å²) in [6.45, 7) is 1.29. The van der Waals surface area contributed by atoms with E-state index >= 15 is 0 Å². The Balaban J connectivity index is 2.33. The van der Waals surface area contributed by atoms with Gasteiger partial charge in [-0.2, -0.15) is 0 Å². The fourth-order valence-corrected chi connectivity index (χ4v) is 3.76. The monoisotopic (exact) mass is 301 g/mol. The molecule has 1 aromatic carbocycles.